The molecule has 0 amide bonds. The number of aryl methyl sites for hydroxylation is 2. The summed E-state index contributed by atoms with van der Waals surface area (Å²) in [5.74, 6) is 0.879. The van der Waals surface area contributed by atoms with Crippen LogP contribution in [0.4, 0.5) is 16.2 Å². The van der Waals surface area contributed by atoms with Gasteiger partial charge < -0.3 is 15.2 Å². The highest BCUT2D eigenvalue weighted by Crippen LogP contribution is 2.39. The molecule has 0 radical (unpaired) electrons. The van der Waals surface area contributed by atoms with E-state index < -0.39 is 17.8 Å². The Kier molecular flexibility index (Phi) is 5.76. The lowest BCUT2D eigenvalue weighted by atomic mass is 9.84. The summed E-state index contributed by atoms with van der Waals surface area (Å²) in [6.45, 7) is 5.44. The number of halogens is 2. The standard InChI is InChI=1S/C23H28ClFN6O2/c1-13-6-21(30(3)29-13)28-22-26-9-14-7-17(24)16(8-19(14)27-22)15-4-5-31(10-18(15)25)23(2)12-33-11-20(23)32/h6-9,15,18,20,32H,4-5,10-12H2,1-3H3,(H,26,27,28)/t15-,18+,20+,23-/m0/s1. The Morgan fingerprint density at radius 2 is 2.15 bits per heavy atom. The Labute approximate surface area is 196 Å². The van der Waals surface area contributed by atoms with Gasteiger partial charge in [-0.1, -0.05) is 11.6 Å². The lowest BCUT2D eigenvalue weighted by molar-refractivity contribution is -0.0237. The average Bonchev–Trinajstić information content (AvgIpc) is 3.28. The second-order valence-electron chi connectivity index (χ2n) is 9.29. The topological polar surface area (TPSA) is 88.3 Å². The van der Waals surface area contributed by atoms with Gasteiger partial charge in [-0.05, 0) is 44.5 Å². The number of nitrogens with one attached hydrogen (secondary N) is 1. The summed E-state index contributed by atoms with van der Waals surface area (Å²) in [5, 5.41) is 19.2. The molecule has 2 aromatic heterocycles. The van der Waals surface area contributed by atoms with Gasteiger partial charge in [0.2, 0.25) is 5.95 Å². The van der Waals surface area contributed by atoms with Crippen LogP contribution < -0.4 is 5.32 Å². The average molecular weight is 475 g/mol. The molecular formula is C23H28ClFN6O2. The zero-order chi connectivity index (χ0) is 23.3. The number of likely N-dealkylation sites (tertiary alicyclic amines) is 1. The van der Waals surface area contributed by atoms with Crippen molar-refractivity contribution < 1.29 is 14.2 Å². The van der Waals surface area contributed by atoms with E-state index in [1.54, 1.807) is 16.9 Å². The minimum Gasteiger partial charge on any atom is -0.389 e. The van der Waals surface area contributed by atoms with Crippen molar-refractivity contribution in [2.45, 2.75) is 44.0 Å². The highest BCUT2D eigenvalue weighted by atomic mass is 35.5. The fraction of sp³-hybridized carbons (Fsp3) is 0.522. The molecule has 2 aliphatic rings. The zero-order valence-electron chi connectivity index (χ0n) is 18.9. The summed E-state index contributed by atoms with van der Waals surface area (Å²) in [6, 6.07) is 5.59. The lowest BCUT2D eigenvalue weighted by Gasteiger charge is -2.45. The van der Waals surface area contributed by atoms with E-state index in [0.29, 0.717) is 42.7 Å². The van der Waals surface area contributed by atoms with Crippen molar-refractivity contribution in [3.63, 3.8) is 0 Å². The summed E-state index contributed by atoms with van der Waals surface area (Å²) in [6.07, 6.45) is 0.576. The molecule has 1 aromatic carbocycles. The molecule has 3 aromatic rings. The van der Waals surface area contributed by atoms with Crippen LogP contribution in [-0.2, 0) is 11.8 Å². The van der Waals surface area contributed by atoms with Crippen LogP contribution in [0.5, 0.6) is 0 Å². The first kappa shape index (κ1) is 22.5. The largest absolute Gasteiger partial charge is 0.389 e. The van der Waals surface area contributed by atoms with E-state index in [1.807, 2.05) is 37.9 Å². The fourth-order valence-electron chi connectivity index (χ4n) is 4.93. The monoisotopic (exact) mass is 474 g/mol. The summed E-state index contributed by atoms with van der Waals surface area (Å²) >= 11 is 6.59. The summed E-state index contributed by atoms with van der Waals surface area (Å²) in [4.78, 5) is 11.0. The number of rotatable bonds is 4. The molecular weight excluding hydrogens is 447 g/mol. The van der Waals surface area contributed by atoms with Crippen molar-refractivity contribution in [3.05, 3.63) is 40.7 Å². The first-order valence-electron chi connectivity index (χ1n) is 11.1. The molecule has 2 fully saturated rings. The van der Waals surface area contributed by atoms with Gasteiger partial charge in [0.1, 0.15) is 12.0 Å². The molecule has 4 atom stereocenters. The smallest absolute Gasteiger partial charge is 0.228 e. The number of ether oxygens (including phenoxy) is 1. The van der Waals surface area contributed by atoms with Crippen LogP contribution in [0, 0.1) is 6.92 Å². The van der Waals surface area contributed by atoms with Gasteiger partial charge >= 0.3 is 0 Å². The first-order valence-corrected chi connectivity index (χ1v) is 11.5. The summed E-state index contributed by atoms with van der Waals surface area (Å²) in [5.41, 5.74) is 1.79. The highest BCUT2D eigenvalue weighted by molar-refractivity contribution is 6.32. The Morgan fingerprint density at radius 3 is 2.82 bits per heavy atom. The molecule has 5 rings (SSSR count). The number of benzene rings is 1. The number of hydrogen-bond acceptors (Lipinski definition) is 7. The van der Waals surface area contributed by atoms with Gasteiger partial charge in [0.15, 0.2) is 0 Å². The third-order valence-electron chi connectivity index (χ3n) is 6.99. The molecule has 0 unspecified atom stereocenters. The summed E-state index contributed by atoms with van der Waals surface area (Å²) in [7, 11) is 1.85. The molecule has 2 N–H and O–H groups in total. The number of aromatic nitrogens is 4. The van der Waals surface area contributed by atoms with Crippen molar-refractivity contribution in [2.75, 3.05) is 31.6 Å². The highest BCUT2D eigenvalue weighted by Gasteiger charge is 2.47. The molecule has 0 saturated carbocycles. The Bertz CT molecular complexity index is 1190. The van der Waals surface area contributed by atoms with Crippen molar-refractivity contribution in [2.24, 2.45) is 7.05 Å². The van der Waals surface area contributed by atoms with Gasteiger partial charge in [0, 0.05) is 42.2 Å². The molecule has 2 aliphatic heterocycles. The molecule has 0 spiro atoms. The fourth-order valence-corrected chi connectivity index (χ4v) is 5.24. The van der Waals surface area contributed by atoms with Crippen molar-refractivity contribution >= 4 is 34.3 Å². The van der Waals surface area contributed by atoms with Crippen molar-refractivity contribution in [1.82, 2.24) is 24.6 Å². The molecule has 0 aliphatic carbocycles. The van der Waals surface area contributed by atoms with Crippen molar-refractivity contribution in [3.8, 4) is 0 Å². The number of anilines is 2. The van der Waals surface area contributed by atoms with Gasteiger partial charge in [-0.15, -0.1) is 0 Å². The normalized spacial score (nSPS) is 28.5. The van der Waals surface area contributed by atoms with E-state index in [9.17, 15) is 5.11 Å². The molecule has 10 heteroatoms. The van der Waals surface area contributed by atoms with Gasteiger partial charge in [0.05, 0.1) is 36.1 Å². The van der Waals surface area contributed by atoms with E-state index in [-0.39, 0.29) is 12.5 Å². The van der Waals surface area contributed by atoms with Gasteiger partial charge in [-0.3, -0.25) is 9.58 Å². The maximum absolute atomic E-state index is 15.5. The predicted molar refractivity (Wildman–Crippen MR) is 125 cm³/mol. The Morgan fingerprint density at radius 1 is 1.33 bits per heavy atom. The van der Waals surface area contributed by atoms with Crippen LogP contribution in [0.25, 0.3) is 10.9 Å². The third kappa shape index (κ3) is 4.07. The quantitative estimate of drug-likeness (QED) is 0.599. The third-order valence-corrected chi connectivity index (χ3v) is 7.32. The molecule has 176 valence electrons. The number of aliphatic hydroxyl groups excluding tert-OH is 1. The van der Waals surface area contributed by atoms with Gasteiger partial charge in [-0.25, -0.2) is 14.4 Å². The Balaban J connectivity index is 1.39. The van der Waals surface area contributed by atoms with Crippen LogP contribution in [0.1, 0.15) is 30.5 Å². The van der Waals surface area contributed by atoms with E-state index in [2.05, 4.69) is 20.4 Å². The van der Waals surface area contributed by atoms with Crippen molar-refractivity contribution in [1.29, 1.82) is 0 Å². The number of fused-ring (bicyclic) bond motifs is 1. The van der Waals surface area contributed by atoms with E-state index in [4.69, 9.17) is 16.3 Å². The minimum absolute atomic E-state index is 0.229. The van der Waals surface area contributed by atoms with E-state index in [1.165, 1.54) is 0 Å². The van der Waals surface area contributed by atoms with Gasteiger partial charge in [0.25, 0.3) is 0 Å². The number of aliphatic hydroxyl groups is 1. The van der Waals surface area contributed by atoms with E-state index >= 15 is 4.39 Å². The van der Waals surface area contributed by atoms with Crippen LogP contribution in [0.2, 0.25) is 5.02 Å². The predicted octanol–water partition coefficient (Wildman–Crippen LogP) is 3.35. The molecule has 2 saturated heterocycles. The summed E-state index contributed by atoms with van der Waals surface area (Å²) < 4.78 is 22.6. The second-order valence-corrected chi connectivity index (χ2v) is 9.70. The van der Waals surface area contributed by atoms with Gasteiger partial charge in [-0.2, -0.15) is 5.10 Å². The SMILES string of the molecule is Cc1cc(Nc2ncc3cc(Cl)c([C@@H]4CCN([C@@]5(C)COC[C@H]5O)C[C@H]4F)cc3n2)n(C)n1. The molecule has 33 heavy (non-hydrogen) atoms. The zero-order valence-corrected chi connectivity index (χ0v) is 19.7. The number of piperidine rings is 1. The minimum atomic E-state index is -1.12. The van der Waals surface area contributed by atoms with Crippen LogP contribution in [0.15, 0.2) is 24.4 Å². The molecule has 4 heterocycles. The second kappa shape index (κ2) is 8.47. The number of alkyl halides is 1. The Hall–Kier alpha value is -2.33. The first-order chi connectivity index (χ1) is 15.7. The molecule has 8 nitrogen and oxygen atoms in total. The lowest BCUT2D eigenvalue weighted by Crippen LogP contribution is -2.58. The number of hydrogen-bond donors (Lipinski definition) is 2. The maximum Gasteiger partial charge on any atom is 0.228 e. The van der Waals surface area contributed by atoms with Crippen LogP contribution >= 0.6 is 11.6 Å². The van der Waals surface area contributed by atoms with Crippen LogP contribution in [-0.4, -0.2) is 73.9 Å². The number of nitrogens with zero attached hydrogens (tertiary/aromatic N) is 5. The van der Waals surface area contributed by atoms with E-state index in [0.717, 1.165) is 22.5 Å². The molecule has 0 bridgehead atoms. The maximum atomic E-state index is 15.5. The van der Waals surface area contributed by atoms with Crippen LogP contribution in [0.3, 0.4) is 0 Å².